The van der Waals surface area contributed by atoms with Gasteiger partial charge < -0.3 is 15.6 Å². The predicted molar refractivity (Wildman–Crippen MR) is 68.6 cm³/mol. The molecule has 104 valence electrons. The fourth-order valence-corrected chi connectivity index (χ4v) is 2.43. The Morgan fingerprint density at radius 3 is 3.00 bits per heavy atom. The number of hydrogen-bond acceptors (Lipinski definition) is 3. The Balaban J connectivity index is 2.11. The lowest BCUT2D eigenvalue weighted by atomic mass is 9.81. The summed E-state index contributed by atoms with van der Waals surface area (Å²) >= 11 is 0. The number of rotatable bonds is 3. The molecule has 0 heterocycles. The maximum absolute atomic E-state index is 13.2. The van der Waals surface area contributed by atoms with Crippen molar-refractivity contribution < 1.29 is 19.0 Å². The molecule has 5 heteroatoms. The highest BCUT2D eigenvalue weighted by Gasteiger charge is 2.40. The summed E-state index contributed by atoms with van der Waals surface area (Å²) in [6.45, 7) is 1.82. The Hall–Kier alpha value is -1.62. The molecule has 1 fully saturated rings. The standard InChI is InChI=1S/C14H18FNO3/c1-9-4-5-10(15)7-12(9)19-11-3-2-6-14(16,8-11)13(17)18/h4-5,7,11H,2-3,6,8,16H2,1H3,(H,17,18). The number of hydrogen-bond donors (Lipinski definition) is 2. The van der Waals surface area contributed by atoms with E-state index in [4.69, 9.17) is 15.6 Å². The summed E-state index contributed by atoms with van der Waals surface area (Å²) in [7, 11) is 0. The van der Waals surface area contributed by atoms with Gasteiger partial charge in [-0.1, -0.05) is 6.07 Å². The number of ether oxygens (including phenoxy) is 1. The zero-order valence-corrected chi connectivity index (χ0v) is 10.9. The van der Waals surface area contributed by atoms with Crippen LogP contribution < -0.4 is 10.5 Å². The van der Waals surface area contributed by atoms with Crippen molar-refractivity contribution in [3.05, 3.63) is 29.6 Å². The summed E-state index contributed by atoms with van der Waals surface area (Å²) in [6.07, 6.45) is 1.85. The van der Waals surface area contributed by atoms with Crippen LogP contribution in [0.2, 0.25) is 0 Å². The summed E-state index contributed by atoms with van der Waals surface area (Å²) in [4.78, 5) is 11.2. The highest BCUT2D eigenvalue weighted by molar-refractivity contribution is 5.78. The molecule has 2 rings (SSSR count). The van der Waals surface area contributed by atoms with Crippen LogP contribution in [0.3, 0.4) is 0 Å². The molecule has 19 heavy (non-hydrogen) atoms. The molecule has 1 aromatic carbocycles. The van der Waals surface area contributed by atoms with E-state index in [1.165, 1.54) is 12.1 Å². The van der Waals surface area contributed by atoms with Crippen LogP contribution in [0.25, 0.3) is 0 Å². The molecule has 0 bridgehead atoms. The lowest BCUT2D eigenvalue weighted by molar-refractivity contribution is -0.145. The normalized spacial score (nSPS) is 27.0. The van der Waals surface area contributed by atoms with Crippen LogP contribution in [0, 0.1) is 12.7 Å². The predicted octanol–water partition coefficient (Wildman–Crippen LogP) is 2.24. The molecular weight excluding hydrogens is 249 g/mol. The molecule has 0 aliphatic heterocycles. The van der Waals surface area contributed by atoms with Gasteiger partial charge in [-0.2, -0.15) is 0 Å². The minimum atomic E-state index is -1.23. The second kappa shape index (κ2) is 5.17. The number of aliphatic carboxylic acids is 1. The average Bonchev–Trinajstić information content (AvgIpc) is 2.34. The maximum atomic E-state index is 13.2. The summed E-state index contributed by atoms with van der Waals surface area (Å²) in [5, 5.41) is 9.14. The Labute approximate surface area is 111 Å². The van der Waals surface area contributed by atoms with E-state index in [9.17, 15) is 9.18 Å². The first kappa shape index (κ1) is 13.8. The number of benzene rings is 1. The van der Waals surface area contributed by atoms with Gasteiger partial charge >= 0.3 is 5.97 Å². The minimum Gasteiger partial charge on any atom is -0.490 e. The zero-order chi connectivity index (χ0) is 14.0. The zero-order valence-electron chi connectivity index (χ0n) is 10.9. The van der Waals surface area contributed by atoms with Crippen molar-refractivity contribution in [2.75, 3.05) is 0 Å². The second-order valence-electron chi connectivity index (χ2n) is 5.21. The Kier molecular flexibility index (Phi) is 3.75. The van der Waals surface area contributed by atoms with Crippen molar-refractivity contribution >= 4 is 5.97 Å². The number of halogens is 1. The van der Waals surface area contributed by atoms with Gasteiger partial charge in [0.25, 0.3) is 0 Å². The number of carboxylic acid groups (broad SMARTS) is 1. The second-order valence-corrected chi connectivity index (χ2v) is 5.21. The van der Waals surface area contributed by atoms with E-state index in [1.54, 1.807) is 6.07 Å². The van der Waals surface area contributed by atoms with Crippen molar-refractivity contribution in [2.45, 2.75) is 44.2 Å². The molecule has 2 unspecified atom stereocenters. The van der Waals surface area contributed by atoms with Crippen LogP contribution in [0.15, 0.2) is 18.2 Å². The van der Waals surface area contributed by atoms with Gasteiger partial charge in [0, 0.05) is 12.5 Å². The third-order valence-corrected chi connectivity index (χ3v) is 3.61. The molecule has 1 saturated carbocycles. The molecule has 1 aliphatic rings. The number of carbonyl (C=O) groups is 1. The van der Waals surface area contributed by atoms with Gasteiger partial charge in [-0.15, -0.1) is 0 Å². The lowest BCUT2D eigenvalue weighted by Gasteiger charge is -2.34. The van der Waals surface area contributed by atoms with Crippen molar-refractivity contribution in [3.63, 3.8) is 0 Å². The molecule has 0 radical (unpaired) electrons. The van der Waals surface area contributed by atoms with Crippen molar-refractivity contribution in [1.82, 2.24) is 0 Å². The van der Waals surface area contributed by atoms with E-state index < -0.39 is 11.5 Å². The van der Waals surface area contributed by atoms with Gasteiger partial charge in [0.2, 0.25) is 0 Å². The third kappa shape index (κ3) is 3.04. The molecule has 2 atom stereocenters. The monoisotopic (exact) mass is 267 g/mol. The van der Waals surface area contributed by atoms with Gasteiger partial charge in [0.1, 0.15) is 23.2 Å². The number of nitrogens with two attached hydrogens (primary N) is 1. The van der Waals surface area contributed by atoms with Crippen LogP contribution in [-0.4, -0.2) is 22.7 Å². The molecule has 1 aliphatic carbocycles. The first-order valence-corrected chi connectivity index (χ1v) is 6.36. The van der Waals surface area contributed by atoms with E-state index in [1.807, 2.05) is 6.92 Å². The van der Waals surface area contributed by atoms with Crippen LogP contribution in [0.4, 0.5) is 4.39 Å². The van der Waals surface area contributed by atoms with E-state index >= 15 is 0 Å². The molecule has 0 aromatic heterocycles. The van der Waals surface area contributed by atoms with Crippen molar-refractivity contribution in [3.8, 4) is 5.75 Å². The van der Waals surface area contributed by atoms with Crippen molar-refractivity contribution in [2.24, 2.45) is 5.73 Å². The van der Waals surface area contributed by atoms with Crippen LogP contribution in [0.5, 0.6) is 5.75 Å². The summed E-state index contributed by atoms with van der Waals surface area (Å²) < 4.78 is 18.9. The van der Waals surface area contributed by atoms with Gasteiger partial charge in [0.05, 0.1) is 0 Å². The number of carboxylic acids is 1. The Bertz CT molecular complexity index is 492. The van der Waals surface area contributed by atoms with E-state index in [-0.39, 0.29) is 18.3 Å². The maximum Gasteiger partial charge on any atom is 0.323 e. The van der Waals surface area contributed by atoms with Crippen LogP contribution >= 0.6 is 0 Å². The molecule has 3 N–H and O–H groups in total. The molecule has 1 aromatic rings. The van der Waals surface area contributed by atoms with Crippen LogP contribution in [-0.2, 0) is 4.79 Å². The molecule has 0 spiro atoms. The molecular formula is C14H18FNO3. The van der Waals surface area contributed by atoms with Crippen LogP contribution in [0.1, 0.15) is 31.2 Å². The average molecular weight is 267 g/mol. The molecule has 0 saturated heterocycles. The fraction of sp³-hybridized carbons (Fsp3) is 0.500. The van der Waals surface area contributed by atoms with Crippen molar-refractivity contribution in [1.29, 1.82) is 0 Å². The SMILES string of the molecule is Cc1ccc(F)cc1OC1CCCC(N)(C(=O)O)C1. The first-order valence-electron chi connectivity index (χ1n) is 6.36. The third-order valence-electron chi connectivity index (χ3n) is 3.61. The fourth-order valence-electron chi connectivity index (χ4n) is 2.43. The van der Waals surface area contributed by atoms with E-state index in [0.717, 1.165) is 12.0 Å². The molecule has 4 nitrogen and oxygen atoms in total. The summed E-state index contributed by atoms with van der Waals surface area (Å²) in [5.41, 5.74) is 5.45. The van der Waals surface area contributed by atoms with Gasteiger partial charge in [-0.25, -0.2) is 4.39 Å². The Morgan fingerprint density at radius 2 is 2.32 bits per heavy atom. The number of aryl methyl sites for hydroxylation is 1. The summed E-state index contributed by atoms with van der Waals surface area (Å²) in [5.74, 6) is -0.912. The first-order chi connectivity index (χ1) is 8.90. The quantitative estimate of drug-likeness (QED) is 0.881. The topological polar surface area (TPSA) is 72.5 Å². The lowest BCUT2D eigenvalue weighted by Crippen LogP contribution is -2.53. The highest BCUT2D eigenvalue weighted by Crippen LogP contribution is 2.31. The summed E-state index contributed by atoms with van der Waals surface area (Å²) in [6, 6.07) is 4.33. The van der Waals surface area contributed by atoms with Gasteiger partial charge in [-0.05, 0) is 37.8 Å². The highest BCUT2D eigenvalue weighted by atomic mass is 19.1. The van der Waals surface area contributed by atoms with Gasteiger partial charge in [0.15, 0.2) is 0 Å². The molecule has 0 amide bonds. The van der Waals surface area contributed by atoms with E-state index in [2.05, 4.69) is 0 Å². The smallest absolute Gasteiger partial charge is 0.323 e. The largest absolute Gasteiger partial charge is 0.490 e. The Morgan fingerprint density at radius 1 is 1.58 bits per heavy atom. The van der Waals surface area contributed by atoms with E-state index in [0.29, 0.717) is 18.6 Å². The minimum absolute atomic E-state index is 0.248. The van der Waals surface area contributed by atoms with Gasteiger partial charge in [-0.3, -0.25) is 4.79 Å².